The van der Waals surface area contributed by atoms with Gasteiger partial charge in [0.25, 0.3) is 0 Å². The number of nitrogens with one attached hydrogen (secondary N) is 1. The predicted molar refractivity (Wildman–Crippen MR) is 76.9 cm³/mol. The summed E-state index contributed by atoms with van der Waals surface area (Å²) in [6, 6.07) is 12.7. The molecule has 0 amide bonds. The molecule has 0 bridgehead atoms. The third-order valence-electron chi connectivity index (χ3n) is 3.05. The lowest BCUT2D eigenvalue weighted by Crippen LogP contribution is -1.91. The summed E-state index contributed by atoms with van der Waals surface area (Å²) in [6.07, 6.45) is 0. The van der Waals surface area contributed by atoms with Crippen LogP contribution in [0.4, 0.5) is 0 Å². The van der Waals surface area contributed by atoms with Crippen LogP contribution >= 0.6 is 0 Å². The van der Waals surface area contributed by atoms with E-state index in [9.17, 15) is 0 Å². The Bertz CT molecular complexity index is 693. The van der Waals surface area contributed by atoms with Gasteiger partial charge in [-0.05, 0) is 30.3 Å². The number of nitrogens with zero attached hydrogens (tertiary/aromatic N) is 3. The van der Waals surface area contributed by atoms with Crippen molar-refractivity contribution in [2.24, 2.45) is 0 Å². The molecule has 21 heavy (non-hydrogen) atoms. The number of aromatic nitrogens is 4. The van der Waals surface area contributed by atoms with E-state index >= 15 is 0 Å². The van der Waals surface area contributed by atoms with Crippen molar-refractivity contribution in [1.29, 1.82) is 0 Å². The molecule has 0 saturated heterocycles. The highest BCUT2D eigenvalue weighted by molar-refractivity contribution is 5.63. The highest BCUT2D eigenvalue weighted by Gasteiger charge is 2.09. The van der Waals surface area contributed by atoms with Crippen molar-refractivity contribution in [3.05, 3.63) is 53.9 Å². The van der Waals surface area contributed by atoms with Crippen molar-refractivity contribution >= 4 is 0 Å². The zero-order chi connectivity index (χ0) is 14.7. The van der Waals surface area contributed by atoms with Crippen LogP contribution in [0, 0.1) is 0 Å². The lowest BCUT2D eigenvalue weighted by Gasteiger charge is -1.99. The molecular weight excluding hydrogens is 268 g/mol. The van der Waals surface area contributed by atoms with Crippen molar-refractivity contribution in [3.63, 3.8) is 0 Å². The topological polar surface area (TPSA) is 94.9 Å². The zero-order valence-electron chi connectivity index (χ0n) is 11.2. The number of hydrogen-bond acceptors (Lipinski definition) is 5. The van der Waals surface area contributed by atoms with E-state index in [2.05, 4.69) is 20.2 Å². The molecule has 0 fully saturated rings. The van der Waals surface area contributed by atoms with Gasteiger partial charge in [-0.25, -0.2) is 9.97 Å². The molecule has 0 atom stereocenters. The average Bonchev–Trinajstić information content (AvgIpc) is 3.05. The Morgan fingerprint density at radius 2 is 1.43 bits per heavy atom. The van der Waals surface area contributed by atoms with Crippen LogP contribution < -0.4 is 0 Å². The molecule has 3 N–H and O–H groups in total. The minimum absolute atomic E-state index is 0.102. The Morgan fingerprint density at radius 3 is 2.10 bits per heavy atom. The van der Waals surface area contributed by atoms with E-state index in [0.29, 0.717) is 28.5 Å². The maximum absolute atomic E-state index is 9.13. The summed E-state index contributed by atoms with van der Waals surface area (Å²) < 4.78 is 0. The fourth-order valence-corrected chi connectivity index (χ4v) is 2.01. The standard InChI is InChI=1S/C15H14N4O2/c20-8-10-3-1-5-12(16-10)14-7-15(19-18-14)13-6-2-4-11(9-21)17-13/h1-7,20-21H,8-9H2,(H,18,19). The van der Waals surface area contributed by atoms with E-state index < -0.39 is 0 Å². The van der Waals surface area contributed by atoms with Crippen molar-refractivity contribution in [1.82, 2.24) is 20.2 Å². The van der Waals surface area contributed by atoms with Gasteiger partial charge in [-0.3, -0.25) is 5.10 Å². The Kier molecular flexibility index (Phi) is 3.72. The summed E-state index contributed by atoms with van der Waals surface area (Å²) in [5, 5.41) is 25.4. The number of rotatable bonds is 4. The Balaban J connectivity index is 1.95. The molecule has 0 aliphatic carbocycles. The monoisotopic (exact) mass is 282 g/mol. The maximum Gasteiger partial charge on any atom is 0.111 e. The molecule has 6 heteroatoms. The SMILES string of the molecule is OCc1cccc(-c2cc(-c3cccc(CO)n3)[nH]n2)n1. The van der Waals surface area contributed by atoms with Crippen LogP contribution in [0.2, 0.25) is 0 Å². The largest absolute Gasteiger partial charge is 0.390 e. The van der Waals surface area contributed by atoms with Crippen LogP contribution in [-0.2, 0) is 13.2 Å². The second-order valence-electron chi connectivity index (χ2n) is 4.51. The van der Waals surface area contributed by atoms with Crippen LogP contribution in [0.15, 0.2) is 42.5 Å². The number of aliphatic hydroxyl groups excluding tert-OH is 2. The number of pyridine rings is 2. The van der Waals surface area contributed by atoms with Crippen LogP contribution in [0.3, 0.4) is 0 Å². The van der Waals surface area contributed by atoms with E-state index in [-0.39, 0.29) is 13.2 Å². The minimum Gasteiger partial charge on any atom is -0.390 e. The molecule has 0 aliphatic rings. The first-order valence-corrected chi connectivity index (χ1v) is 6.50. The fourth-order valence-electron chi connectivity index (χ4n) is 2.01. The van der Waals surface area contributed by atoms with Gasteiger partial charge in [0.15, 0.2) is 0 Å². The predicted octanol–water partition coefficient (Wildman–Crippen LogP) is 1.52. The Morgan fingerprint density at radius 1 is 0.810 bits per heavy atom. The summed E-state index contributed by atoms with van der Waals surface area (Å²) in [5.41, 5.74) is 4.01. The van der Waals surface area contributed by atoms with Crippen LogP contribution in [0.5, 0.6) is 0 Å². The van der Waals surface area contributed by atoms with Gasteiger partial charge in [-0.1, -0.05) is 12.1 Å². The fraction of sp³-hybridized carbons (Fsp3) is 0.133. The molecule has 0 radical (unpaired) electrons. The Labute approximate surface area is 121 Å². The van der Waals surface area contributed by atoms with E-state index in [1.165, 1.54) is 0 Å². The van der Waals surface area contributed by atoms with Gasteiger partial charge in [0.2, 0.25) is 0 Å². The quantitative estimate of drug-likeness (QED) is 0.674. The van der Waals surface area contributed by atoms with Crippen molar-refractivity contribution in [3.8, 4) is 22.8 Å². The van der Waals surface area contributed by atoms with Gasteiger partial charge in [0.05, 0.1) is 41.7 Å². The van der Waals surface area contributed by atoms with E-state index in [1.807, 2.05) is 30.3 Å². The summed E-state index contributed by atoms with van der Waals surface area (Å²) >= 11 is 0. The molecule has 3 aromatic heterocycles. The smallest absolute Gasteiger partial charge is 0.111 e. The van der Waals surface area contributed by atoms with Crippen molar-refractivity contribution in [2.45, 2.75) is 13.2 Å². The number of hydrogen-bond donors (Lipinski definition) is 3. The highest BCUT2D eigenvalue weighted by atomic mass is 16.3. The number of H-pyrrole nitrogens is 1. The van der Waals surface area contributed by atoms with Crippen LogP contribution in [0.1, 0.15) is 11.4 Å². The molecule has 0 spiro atoms. The molecular formula is C15H14N4O2. The van der Waals surface area contributed by atoms with Crippen molar-refractivity contribution < 1.29 is 10.2 Å². The molecule has 0 saturated carbocycles. The molecule has 6 nitrogen and oxygen atoms in total. The van der Waals surface area contributed by atoms with Crippen molar-refractivity contribution in [2.75, 3.05) is 0 Å². The van der Waals surface area contributed by atoms with Crippen LogP contribution in [0.25, 0.3) is 22.8 Å². The first kappa shape index (κ1) is 13.4. The molecule has 0 aromatic carbocycles. The third kappa shape index (κ3) is 2.81. The zero-order valence-corrected chi connectivity index (χ0v) is 11.2. The molecule has 106 valence electrons. The van der Waals surface area contributed by atoms with E-state index in [0.717, 1.165) is 5.69 Å². The van der Waals surface area contributed by atoms with Gasteiger partial charge in [0.1, 0.15) is 5.69 Å². The first-order chi connectivity index (χ1) is 10.3. The normalized spacial score (nSPS) is 10.8. The maximum atomic E-state index is 9.13. The minimum atomic E-state index is -0.106. The van der Waals surface area contributed by atoms with Crippen LogP contribution in [-0.4, -0.2) is 30.4 Å². The molecule has 3 heterocycles. The first-order valence-electron chi connectivity index (χ1n) is 6.50. The Hall–Kier alpha value is -2.57. The number of aliphatic hydroxyl groups is 2. The highest BCUT2D eigenvalue weighted by Crippen LogP contribution is 2.21. The lowest BCUT2D eigenvalue weighted by molar-refractivity contribution is 0.277. The summed E-state index contributed by atoms with van der Waals surface area (Å²) in [7, 11) is 0. The third-order valence-corrected chi connectivity index (χ3v) is 3.05. The average molecular weight is 282 g/mol. The second kappa shape index (κ2) is 5.82. The summed E-state index contributed by atoms with van der Waals surface area (Å²) in [4.78, 5) is 8.63. The van der Waals surface area contributed by atoms with E-state index in [4.69, 9.17) is 10.2 Å². The van der Waals surface area contributed by atoms with Gasteiger partial charge in [-0.15, -0.1) is 0 Å². The van der Waals surface area contributed by atoms with E-state index in [1.54, 1.807) is 12.1 Å². The summed E-state index contributed by atoms with van der Waals surface area (Å²) in [6.45, 7) is -0.208. The van der Waals surface area contributed by atoms with Gasteiger partial charge in [-0.2, -0.15) is 5.10 Å². The molecule has 3 aromatic rings. The van der Waals surface area contributed by atoms with Gasteiger partial charge < -0.3 is 10.2 Å². The molecule has 3 rings (SSSR count). The number of aromatic amines is 1. The second-order valence-corrected chi connectivity index (χ2v) is 4.51. The molecule has 0 unspecified atom stereocenters. The van der Waals surface area contributed by atoms with Gasteiger partial charge in [0, 0.05) is 0 Å². The molecule has 0 aliphatic heterocycles. The lowest BCUT2D eigenvalue weighted by atomic mass is 10.2. The van der Waals surface area contributed by atoms with Gasteiger partial charge >= 0.3 is 0 Å². The summed E-state index contributed by atoms with van der Waals surface area (Å²) in [5.74, 6) is 0.